The molecule has 4 fully saturated rings. The van der Waals surface area contributed by atoms with Gasteiger partial charge in [-0.15, -0.1) is 0 Å². The fourth-order valence-electron chi connectivity index (χ4n) is 8.35. The highest BCUT2D eigenvalue weighted by molar-refractivity contribution is 5.82. The molecular formula is C24H40O. The Morgan fingerprint density at radius 2 is 1.68 bits per heavy atom. The first-order chi connectivity index (χ1) is 12.0. The summed E-state index contributed by atoms with van der Waals surface area (Å²) in [6.07, 6.45) is 17.3. The molecule has 0 aromatic carbocycles. The molecule has 0 radical (unpaired) electrons. The molecule has 1 heteroatoms. The van der Waals surface area contributed by atoms with Crippen molar-refractivity contribution in [3.8, 4) is 0 Å². The fraction of sp³-hybridized carbons (Fsp3) is 0.958. The van der Waals surface area contributed by atoms with Crippen LogP contribution in [0.4, 0.5) is 0 Å². The summed E-state index contributed by atoms with van der Waals surface area (Å²) in [7, 11) is 0. The number of Topliss-reactive ketones (excluding diaryl/α,β-unsaturated/α-hetero) is 1. The van der Waals surface area contributed by atoms with E-state index in [2.05, 4.69) is 20.8 Å². The van der Waals surface area contributed by atoms with Crippen molar-refractivity contribution < 1.29 is 4.79 Å². The standard InChI is InChI=1S/C24H40O/c1-4-5-9-22(25)21-13-12-19-18-11-10-17-8-6-7-15-23(17,2)20(18)14-16-24(19,21)3/h17-21H,4-16H2,1-3H3/t17-,18+,19+,20+,21?,23+,24+/m1/s1. The van der Waals surface area contributed by atoms with Crippen LogP contribution in [0.5, 0.6) is 0 Å². The molecule has 0 bridgehead atoms. The summed E-state index contributed by atoms with van der Waals surface area (Å²) in [5.41, 5.74) is 0.969. The van der Waals surface area contributed by atoms with Gasteiger partial charge in [-0.2, -0.15) is 0 Å². The quantitative estimate of drug-likeness (QED) is 0.548. The first kappa shape index (κ1) is 18.1. The minimum absolute atomic E-state index is 0.337. The second kappa shape index (κ2) is 6.68. The number of hydrogen-bond acceptors (Lipinski definition) is 1. The van der Waals surface area contributed by atoms with Gasteiger partial charge in [-0.25, -0.2) is 0 Å². The van der Waals surface area contributed by atoms with Gasteiger partial charge in [-0.3, -0.25) is 4.79 Å². The first-order valence-corrected chi connectivity index (χ1v) is 11.5. The summed E-state index contributed by atoms with van der Waals surface area (Å²) in [4.78, 5) is 12.9. The van der Waals surface area contributed by atoms with Gasteiger partial charge < -0.3 is 0 Å². The van der Waals surface area contributed by atoms with Crippen LogP contribution in [-0.4, -0.2) is 5.78 Å². The van der Waals surface area contributed by atoms with E-state index in [0.717, 1.165) is 42.9 Å². The van der Waals surface area contributed by atoms with Crippen molar-refractivity contribution in [1.29, 1.82) is 0 Å². The monoisotopic (exact) mass is 344 g/mol. The molecular weight excluding hydrogens is 304 g/mol. The zero-order chi connectivity index (χ0) is 17.7. The minimum Gasteiger partial charge on any atom is -0.299 e. The predicted octanol–water partition coefficient (Wildman–Crippen LogP) is 6.79. The summed E-state index contributed by atoms with van der Waals surface area (Å²) in [5.74, 6) is 4.76. The summed E-state index contributed by atoms with van der Waals surface area (Å²) in [6, 6.07) is 0. The highest BCUT2D eigenvalue weighted by Gasteiger charge is 2.60. The van der Waals surface area contributed by atoms with Crippen LogP contribution >= 0.6 is 0 Å². The first-order valence-electron chi connectivity index (χ1n) is 11.5. The molecule has 142 valence electrons. The maximum Gasteiger partial charge on any atom is 0.136 e. The molecule has 1 unspecified atom stereocenters. The molecule has 1 nitrogen and oxygen atoms in total. The third-order valence-corrected chi connectivity index (χ3v) is 9.75. The van der Waals surface area contributed by atoms with Crippen LogP contribution in [0, 0.1) is 40.4 Å². The van der Waals surface area contributed by atoms with Gasteiger partial charge in [0.05, 0.1) is 0 Å². The molecule has 0 aliphatic heterocycles. The Bertz CT molecular complexity index is 510. The largest absolute Gasteiger partial charge is 0.299 e. The van der Waals surface area contributed by atoms with E-state index in [4.69, 9.17) is 0 Å². The smallest absolute Gasteiger partial charge is 0.136 e. The van der Waals surface area contributed by atoms with Crippen molar-refractivity contribution >= 4 is 5.78 Å². The SMILES string of the molecule is CCCCC(=O)C1CC[C@H]2[C@@H]3CC[C@H]4CCCC[C@]4(C)[C@H]3CC[C@]12C. The molecule has 0 amide bonds. The Hall–Kier alpha value is -0.330. The van der Waals surface area contributed by atoms with Crippen LogP contribution in [0.15, 0.2) is 0 Å². The molecule has 4 saturated carbocycles. The third kappa shape index (κ3) is 2.74. The lowest BCUT2D eigenvalue weighted by Gasteiger charge is -2.60. The fourth-order valence-corrected chi connectivity index (χ4v) is 8.35. The minimum atomic E-state index is 0.337. The van der Waals surface area contributed by atoms with Crippen LogP contribution in [0.1, 0.15) is 104 Å². The topological polar surface area (TPSA) is 17.1 Å². The third-order valence-electron chi connectivity index (χ3n) is 9.75. The van der Waals surface area contributed by atoms with Gasteiger partial charge in [-0.05, 0) is 92.3 Å². The molecule has 0 N–H and O–H groups in total. The van der Waals surface area contributed by atoms with Crippen molar-refractivity contribution in [2.24, 2.45) is 40.4 Å². The Labute approximate surface area is 155 Å². The van der Waals surface area contributed by atoms with E-state index < -0.39 is 0 Å². The molecule has 0 heterocycles. The number of ketones is 1. The van der Waals surface area contributed by atoms with Crippen molar-refractivity contribution in [2.45, 2.75) is 104 Å². The van der Waals surface area contributed by atoms with Crippen LogP contribution in [0.2, 0.25) is 0 Å². The van der Waals surface area contributed by atoms with E-state index >= 15 is 0 Å². The van der Waals surface area contributed by atoms with Gasteiger partial charge >= 0.3 is 0 Å². The second-order valence-corrected chi connectivity index (χ2v) is 10.6. The molecule has 4 rings (SSSR count). The summed E-state index contributed by atoms with van der Waals surface area (Å²) >= 11 is 0. The van der Waals surface area contributed by atoms with Gasteiger partial charge in [-0.1, -0.05) is 40.0 Å². The normalized spacial score (nSPS) is 49.2. The van der Waals surface area contributed by atoms with Crippen LogP contribution < -0.4 is 0 Å². The van der Waals surface area contributed by atoms with E-state index in [1.807, 2.05) is 0 Å². The Morgan fingerprint density at radius 3 is 2.48 bits per heavy atom. The molecule has 0 spiro atoms. The van der Waals surface area contributed by atoms with Gasteiger partial charge in [0.2, 0.25) is 0 Å². The number of unbranched alkanes of at least 4 members (excludes halogenated alkanes) is 1. The molecule has 0 aromatic heterocycles. The lowest BCUT2D eigenvalue weighted by Crippen LogP contribution is -2.53. The number of rotatable bonds is 4. The van der Waals surface area contributed by atoms with Crippen molar-refractivity contribution in [2.75, 3.05) is 0 Å². The zero-order valence-corrected chi connectivity index (χ0v) is 17.0. The summed E-state index contributed by atoms with van der Waals surface area (Å²) in [6.45, 7) is 7.39. The highest BCUT2D eigenvalue weighted by Crippen LogP contribution is 2.67. The van der Waals surface area contributed by atoms with E-state index in [9.17, 15) is 4.79 Å². The predicted molar refractivity (Wildman–Crippen MR) is 104 cm³/mol. The van der Waals surface area contributed by atoms with Crippen molar-refractivity contribution in [3.63, 3.8) is 0 Å². The van der Waals surface area contributed by atoms with Crippen LogP contribution in [0.3, 0.4) is 0 Å². The molecule has 4 aliphatic rings. The van der Waals surface area contributed by atoms with E-state index in [1.165, 1.54) is 64.2 Å². The number of hydrogen-bond donors (Lipinski definition) is 0. The van der Waals surface area contributed by atoms with Gasteiger partial charge in [0, 0.05) is 12.3 Å². The lowest BCUT2D eigenvalue weighted by molar-refractivity contribution is -0.135. The molecule has 25 heavy (non-hydrogen) atoms. The van der Waals surface area contributed by atoms with Gasteiger partial charge in [0.25, 0.3) is 0 Å². The lowest BCUT2D eigenvalue weighted by atomic mass is 9.45. The van der Waals surface area contributed by atoms with E-state index in [1.54, 1.807) is 0 Å². The van der Waals surface area contributed by atoms with E-state index in [-0.39, 0.29) is 0 Å². The summed E-state index contributed by atoms with van der Waals surface area (Å²) < 4.78 is 0. The average molecular weight is 345 g/mol. The molecule has 7 atom stereocenters. The van der Waals surface area contributed by atoms with Crippen molar-refractivity contribution in [3.05, 3.63) is 0 Å². The zero-order valence-electron chi connectivity index (χ0n) is 17.0. The number of carbonyl (C=O) groups is 1. The molecule has 0 aromatic rings. The number of fused-ring (bicyclic) bond motifs is 5. The van der Waals surface area contributed by atoms with E-state index in [0.29, 0.717) is 22.5 Å². The molecule has 0 saturated heterocycles. The van der Waals surface area contributed by atoms with Gasteiger partial charge in [0.1, 0.15) is 5.78 Å². The maximum atomic E-state index is 12.9. The van der Waals surface area contributed by atoms with Crippen LogP contribution in [0.25, 0.3) is 0 Å². The average Bonchev–Trinajstić information content (AvgIpc) is 2.96. The van der Waals surface area contributed by atoms with Gasteiger partial charge in [0.15, 0.2) is 0 Å². The Morgan fingerprint density at radius 1 is 0.880 bits per heavy atom. The Kier molecular flexibility index (Phi) is 4.82. The maximum absolute atomic E-state index is 12.9. The second-order valence-electron chi connectivity index (χ2n) is 10.6. The summed E-state index contributed by atoms with van der Waals surface area (Å²) in [5, 5.41) is 0. The van der Waals surface area contributed by atoms with Crippen LogP contribution in [-0.2, 0) is 4.79 Å². The Balaban J connectivity index is 1.54. The highest BCUT2D eigenvalue weighted by atomic mass is 16.1. The molecule has 4 aliphatic carbocycles. The number of carbonyl (C=O) groups excluding carboxylic acids is 1. The van der Waals surface area contributed by atoms with Crippen molar-refractivity contribution in [1.82, 2.24) is 0 Å².